The molecule has 1 rings (SSSR count). The number of aliphatic hydroxyl groups excluding tert-OH is 1. The number of hydrogen-bond donors (Lipinski definition) is 3. The molecule has 0 radical (unpaired) electrons. The van der Waals surface area contributed by atoms with Crippen LogP contribution >= 0.6 is 12.4 Å². The Hall–Kier alpha value is -0.770. The van der Waals surface area contributed by atoms with E-state index in [2.05, 4.69) is 0 Å². The second-order valence-corrected chi connectivity index (χ2v) is 3.06. The molecular formula is C10H16ClNO2. The summed E-state index contributed by atoms with van der Waals surface area (Å²) in [7, 11) is 0. The van der Waals surface area contributed by atoms with Crippen LogP contribution in [0.25, 0.3) is 0 Å². The van der Waals surface area contributed by atoms with Gasteiger partial charge in [-0.2, -0.15) is 0 Å². The maximum atomic E-state index is 9.03. The van der Waals surface area contributed by atoms with Crippen LogP contribution in [0.4, 0.5) is 0 Å². The summed E-state index contributed by atoms with van der Waals surface area (Å²) in [4.78, 5) is 0. The molecule has 1 atom stereocenters. The van der Waals surface area contributed by atoms with E-state index >= 15 is 0 Å². The fourth-order valence-corrected chi connectivity index (χ4v) is 1.20. The number of halogens is 1. The van der Waals surface area contributed by atoms with Crippen LogP contribution in [0.1, 0.15) is 24.4 Å². The highest BCUT2D eigenvalue weighted by Gasteiger charge is 2.04. The number of aliphatic hydroxyl groups is 1. The van der Waals surface area contributed by atoms with E-state index in [1.807, 2.05) is 0 Å². The Morgan fingerprint density at radius 3 is 2.29 bits per heavy atom. The van der Waals surface area contributed by atoms with E-state index in [9.17, 15) is 0 Å². The number of aromatic hydroxyl groups is 1. The molecule has 80 valence electrons. The lowest BCUT2D eigenvalue weighted by molar-refractivity contribution is 0.280. The van der Waals surface area contributed by atoms with Crippen molar-refractivity contribution in [2.45, 2.75) is 18.9 Å². The zero-order valence-electron chi connectivity index (χ0n) is 7.89. The van der Waals surface area contributed by atoms with Crippen molar-refractivity contribution in [2.24, 2.45) is 5.73 Å². The topological polar surface area (TPSA) is 66.5 Å². The van der Waals surface area contributed by atoms with Crippen LogP contribution < -0.4 is 5.73 Å². The first-order chi connectivity index (χ1) is 6.24. The fourth-order valence-electron chi connectivity index (χ4n) is 1.20. The third kappa shape index (κ3) is 3.96. The number of nitrogens with two attached hydrogens (primary N) is 1. The van der Waals surface area contributed by atoms with Gasteiger partial charge in [-0.25, -0.2) is 0 Å². The van der Waals surface area contributed by atoms with Gasteiger partial charge in [0.1, 0.15) is 5.75 Å². The summed E-state index contributed by atoms with van der Waals surface area (Å²) in [5, 5.41) is 17.6. The van der Waals surface area contributed by atoms with Gasteiger partial charge in [0.05, 0.1) is 0 Å². The zero-order valence-corrected chi connectivity index (χ0v) is 8.70. The van der Waals surface area contributed by atoms with Gasteiger partial charge in [0.2, 0.25) is 0 Å². The van der Waals surface area contributed by atoms with Crippen molar-refractivity contribution in [3.8, 4) is 5.75 Å². The SMILES string of the molecule is Cl.N[C@@H](CCCO)c1ccc(O)cc1. The van der Waals surface area contributed by atoms with E-state index < -0.39 is 0 Å². The van der Waals surface area contributed by atoms with Crippen LogP contribution in [-0.2, 0) is 0 Å². The summed E-state index contributed by atoms with van der Waals surface area (Å²) < 4.78 is 0. The molecular weight excluding hydrogens is 202 g/mol. The zero-order chi connectivity index (χ0) is 9.68. The molecule has 4 N–H and O–H groups in total. The Morgan fingerprint density at radius 2 is 1.79 bits per heavy atom. The highest BCUT2D eigenvalue weighted by atomic mass is 35.5. The van der Waals surface area contributed by atoms with Crippen molar-refractivity contribution in [2.75, 3.05) is 6.61 Å². The minimum Gasteiger partial charge on any atom is -0.508 e. The molecule has 14 heavy (non-hydrogen) atoms. The number of phenolic OH excluding ortho intramolecular Hbond substituents is 1. The first kappa shape index (κ1) is 13.2. The summed E-state index contributed by atoms with van der Waals surface area (Å²) >= 11 is 0. The van der Waals surface area contributed by atoms with Gasteiger partial charge in [0, 0.05) is 12.6 Å². The highest BCUT2D eigenvalue weighted by Crippen LogP contribution is 2.18. The molecule has 0 aromatic heterocycles. The molecule has 0 aliphatic heterocycles. The third-order valence-electron chi connectivity index (χ3n) is 1.99. The monoisotopic (exact) mass is 217 g/mol. The highest BCUT2D eigenvalue weighted by molar-refractivity contribution is 5.85. The number of benzene rings is 1. The lowest BCUT2D eigenvalue weighted by Crippen LogP contribution is -2.10. The molecule has 0 fully saturated rings. The van der Waals surface area contributed by atoms with Gasteiger partial charge in [-0.05, 0) is 30.5 Å². The van der Waals surface area contributed by atoms with E-state index in [-0.39, 0.29) is 30.8 Å². The average Bonchev–Trinajstić information content (AvgIpc) is 2.15. The van der Waals surface area contributed by atoms with Crippen LogP contribution in [0, 0.1) is 0 Å². The normalized spacial score (nSPS) is 11.9. The Balaban J connectivity index is 0.00000169. The maximum absolute atomic E-state index is 9.03. The Kier molecular flexibility index (Phi) is 6.28. The molecule has 3 nitrogen and oxygen atoms in total. The van der Waals surface area contributed by atoms with Crippen molar-refractivity contribution in [3.05, 3.63) is 29.8 Å². The molecule has 0 bridgehead atoms. The van der Waals surface area contributed by atoms with Crippen molar-refractivity contribution in [3.63, 3.8) is 0 Å². The first-order valence-corrected chi connectivity index (χ1v) is 4.39. The van der Waals surface area contributed by atoms with Gasteiger partial charge in [-0.3, -0.25) is 0 Å². The Labute approximate surface area is 90.0 Å². The predicted octanol–water partition coefficient (Wildman–Crippen LogP) is 1.59. The van der Waals surface area contributed by atoms with Crippen LogP contribution in [-0.4, -0.2) is 16.8 Å². The second-order valence-electron chi connectivity index (χ2n) is 3.06. The molecule has 0 spiro atoms. The van der Waals surface area contributed by atoms with Crippen molar-refractivity contribution >= 4 is 12.4 Å². The van der Waals surface area contributed by atoms with E-state index in [1.165, 1.54) is 0 Å². The standard InChI is InChI=1S/C10H15NO2.ClH/c11-10(2-1-7-12)8-3-5-9(13)6-4-8;/h3-6,10,12-13H,1-2,7,11H2;1H/t10-;/m0./s1. The van der Waals surface area contributed by atoms with Gasteiger partial charge in [0.25, 0.3) is 0 Å². The quantitative estimate of drug-likeness (QED) is 0.718. The van der Waals surface area contributed by atoms with Crippen molar-refractivity contribution in [1.29, 1.82) is 0 Å². The second kappa shape index (κ2) is 6.65. The Morgan fingerprint density at radius 1 is 1.21 bits per heavy atom. The lowest BCUT2D eigenvalue weighted by atomic mass is 10.0. The summed E-state index contributed by atoms with van der Waals surface area (Å²) in [5.74, 6) is 0.248. The maximum Gasteiger partial charge on any atom is 0.115 e. The minimum absolute atomic E-state index is 0. The molecule has 1 aromatic rings. The first-order valence-electron chi connectivity index (χ1n) is 4.39. The van der Waals surface area contributed by atoms with Crippen LogP contribution in [0.5, 0.6) is 5.75 Å². The summed E-state index contributed by atoms with van der Waals surface area (Å²) in [6.45, 7) is 0.172. The van der Waals surface area contributed by atoms with Crippen LogP contribution in [0.3, 0.4) is 0 Å². The molecule has 0 heterocycles. The smallest absolute Gasteiger partial charge is 0.115 e. The van der Waals surface area contributed by atoms with Crippen molar-refractivity contribution in [1.82, 2.24) is 0 Å². The van der Waals surface area contributed by atoms with Crippen LogP contribution in [0.15, 0.2) is 24.3 Å². The molecule has 0 saturated heterocycles. The largest absolute Gasteiger partial charge is 0.508 e. The molecule has 0 unspecified atom stereocenters. The molecule has 0 aliphatic carbocycles. The molecule has 1 aromatic carbocycles. The molecule has 0 saturated carbocycles. The average molecular weight is 218 g/mol. The summed E-state index contributed by atoms with van der Waals surface area (Å²) in [6.07, 6.45) is 1.48. The molecule has 4 heteroatoms. The van der Waals surface area contributed by atoms with Gasteiger partial charge >= 0.3 is 0 Å². The third-order valence-corrected chi connectivity index (χ3v) is 1.99. The van der Waals surface area contributed by atoms with E-state index in [1.54, 1.807) is 24.3 Å². The predicted molar refractivity (Wildman–Crippen MR) is 58.6 cm³/mol. The van der Waals surface area contributed by atoms with Gasteiger partial charge in [-0.15, -0.1) is 12.4 Å². The number of hydrogen-bond acceptors (Lipinski definition) is 3. The molecule has 0 aliphatic rings. The van der Waals surface area contributed by atoms with Crippen molar-refractivity contribution < 1.29 is 10.2 Å². The van der Waals surface area contributed by atoms with Gasteiger partial charge in [-0.1, -0.05) is 12.1 Å². The summed E-state index contributed by atoms with van der Waals surface area (Å²) in [5.41, 5.74) is 6.83. The summed E-state index contributed by atoms with van der Waals surface area (Å²) in [6, 6.07) is 6.80. The van der Waals surface area contributed by atoms with E-state index in [0.717, 1.165) is 12.0 Å². The lowest BCUT2D eigenvalue weighted by Gasteiger charge is -2.10. The Bertz CT molecular complexity index is 251. The van der Waals surface area contributed by atoms with Gasteiger partial charge in [0.15, 0.2) is 0 Å². The van der Waals surface area contributed by atoms with E-state index in [4.69, 9.17) is 15.9 Å². The number of phenols is 1. The fraction of sp³-hybridized carbons (Fsp3) is 0.400. The van der Waals surface area contributed by atoms with Gasteiger partial charge < -0.3 is 15.9 Å². The van der Waals surface area contributed by atoms with E-state index in [0.29, 0.717) is 6.42 Å². The molecule has 0 amide bonds. The van der Waals surface area contributed by atoms with Crippen LogP contribution in [0.2, 0.25) is 0 Å². The minimum atomic E-state index is -0.0484. The number of rotatable bonds is 4.